The minimum Gasteiger partial charge on any atom is -0.497 e. The Bertz CT molecular complexity index is 1640. The SMILES string of the molecule is COc1ccc(N2C(=O)[C@H]3[C@@H](c4ccc(OS(=O)(=O)c5ccccc5)cc4)N(c4ccccc4)O[C@H]3C2=O)cc1. The van der Waals surface area contributed by atoms with Crippen LogP contribution >= 0.6 is 0 Å². The highest BCUT2D eigenvalue weighted by Gasteiger charge is 2.60. The summed E-state index contributed by atoms with van der Waals surface area (Å²) in [6, 6.07) is 29.4. The number of imide groups is 1. The Morgan fingerprint density at radius 1 is 0.700 bits per heavy atom. The molecule has 2 fully saturated rings. The van der Waals surface area contributed by atoms with Crippen LogP contribution in [0.5, 0.6) is 11.5 Å². The van der Waals surface area contributed by atoms with Gasteiger partial charge in [0.25, 0.3) is 5.91 Å². The van der Waals surface area contributed by atoms with Crippen molar-refractivity contribution in [3.8, 4) is 11.5 Å². The normalized spacial score (nSPS) is 20.5. The summed E-state index contributed by atoms with van der Waals surface area (Å²) in [4.78, 5) is 34.6. The zero-order valence-electron chi connectivity index (χ0n) is 21.3. The summed E-state index contributed by atoms with van der Waals surface area (Å²) in [6.45, 7) is 0. The second-order valence-electron chi connectivity index (χ2n) is 9.29. The lowest BCUT2D eigenvalue weighted by molar-refractivity contribution is -0.126. The lowest BCUT2D eigenvalue weighted by Gasteiger charge is -2.28. The van der Waals surface area contributed by atoms with Gasteiger partial charge in [-0.3, -0.25) is 14.4 Å². The zero-order chi connectivity index (χ0) is 27.9. The van der Waals surface area contributed by atoms with Crippen LogP contribution in [0.4, 0.5) is 11.4 Å². The van der Waals surface area contributed by atoms with Gasteiger partial charge < -0.3 is 8.92 Å². The van der Waals surface area contributed by atoms with E-state index in [4.69, 9.17) is 13.8 Å². The fourth-order valence-electron chi connectivity index (χ4n) is 5.02. The number of amides is 2. The number of para-hydroxylation sites is 1. The predicted octanol–water partition coefficient (Wildman–Crippen LogP) is 4.51. The van der Waals surface area contributed by atoms with Crippen LogP contribution in [-0.4, -0.2) is 33.4 Å². The minimum absolute atomic E-state index is 0.0371. The number of carbonyl (C=O) groups excluding carboxylic acids is 2. The number of carbonyl (C=O) groups is 2. The Balaban J connectivity index is 1.33. The number of hydrogen-bond donors (Lipinski definition) is 0. The van der Waals surface area contributed by atoms with E-state index >= 15 is 0 Å². The molecule has 2 aliphatic rings. The van der Waals surface area contributed by atoms with Crippen molar-refractivity contribution in [1.29, 1.82) is 0 Å². The lowest BCUT2D eigenvalue weighted by Crippen LogP contribution is -2.37. The van der Waals surface area contributed by atoms with E-state index in [1.807, 2.05) is 30.3 Å². The molecule has 0 radical (unpaired) electrons. The zero-order valence-corrected chi connectivity index (χ0v) is 22.1. The van der Waals surface area contributed by atoms with Crippen molar-refractivity contribution in [2.75, 3.05) is 17.1 Å². The summed E-state index contributed by atoms with van der Waals surface area (Å²) >= 11 is 0. The first kappa shape index (κ1) is 25.6. The maximum Gasteiger partial charge on any atom is 0.339 e. The summed E-state index contributed by atoms with van der Waals surface area (Å²) in [7, 11) is -2.48. The highest BCUT2D eigenvalue weighted by Crippen LogP contribution is 2.47. The molecule has 0 spiro atoms. The van der Waals surface area contributed by atoms with E-state index in [1.165, 1.54) is 31.4 Å². The topological polar surface area (TPSA) is 102 Å². The van der Waals surface area contributed by atoms with Crippen LogP contribution < -0.4 is 18.9 Å². The number of fused-ring (bicyclic) bond motifs is 1. The van der Waals surface area contributed by atoms with Crippen molar-refractivity contribution in [2.24, 2.45) is 5.92 Å². The first-order valence-corrected chi connectivity index (χ1v) is 13.9. The molecule has 10 heteroatoms. The number of ether oxygens (including phenoxy) is 1. The maximum atomic E-state index is 13.8. The number of benzene rings is 4. The van der Waals surface area contributed by atoms with Crippen LogP contribution in [0.25, 0.3) is 0 Å². The van der Waals surface area contributed by atoms with Crippen molar-refractivity contribution >= 4 is 33.3 Å². The van der Waals surface area contributed by atoms with E-state index in [0.29, 0.717) is 22.7 Å². The fourth-order valence-corrected chi connectivity index (χ4v) is 5.97. The van der Waals surface area contributed by atoms with E-state index in [9.17, 15) is 18.0 Å². The van der Waals surface area contributed by atoms with Crippen LogP contribution in [0, 0.1) is 5.92 Å². The largest absolute Gasteiger partial charge is 0.497 e. The van der Waals surface area contributed by atoms with Gasteiger partial charge in [0.05, 0.1) is 24.5 Å². The van der Waals surface area contributed by atoms with Gasteiger partial charge in [-0.25, -0.2) is 9.96 Å². The van der Waals surface area contributed by atoms with E-state index in [-0.39, 0.29) is 10.6 Å². The van der Waals surface area contributed by atoms with Crippen LogP contribution in [0.2, 0.25) is 0 Å². The number of hydroxylamine groups is 1. The molecule has 2 amide bonds. The van der Waals surface area contributed by atoms with E-state index in [0.717, 1.165) is 4.90 Å². The van der Waals surface area contributed by atoms with E-state index in [2.05, 4.69) is 0 Å². The molecule has 3 atom stereocenters. The van der Waals surface area contributed by atoms with Crippen LogP contribution in [-0.2, 0) is 24.5 Å². The number of hydrogen-bond acceptors (Lipinski definition) is 8. The first-order valence-electron chi connectivity index (χ1n) is 12.5. The van der Waals surface area contributed by atoms with E-state index < -0.39 is 40.0 Å². The average molecular weight is 557 g/mol. The molecule has 2 aliphatic heterocycles. The maximum absolute atomic E-state index is 13.8. The third-order valence-electron chi connectivity index (χ3n) is 6.92. The Hall–Kier alpha value is -4.67. The molecule has 0 saturated carbocycles. The first-order chi connectivity index (χ1) is 19.4. The summed E-state index contributed by atoms with van der Waals surface area (Å²) in [5.41, 5.74) is 1.75. The van der Waals surface area contributed by atoms with Crippen LogP contribution in [0.3, 0.4) is 0 Å². The second kappa shape index (κ2) is 10.1. The van der Waals surface area contributed by atoms with Gasteiger partial charge in [-0.05, 0) is 66.2 Å². The molecule has 0 bridgehead atoms. The van der Waals surface area contributed by atoms with Crippen molar-refractivity contribution in [1.82, 2.24) is 0 Å². The number of nitrogens with zero attached hydrogens (tertiary/aromatic N) is 2. The molecule has 9 nitrogen and oxygen atoms in total. The quantitative estimate of drug-likeness (QED) is 0.242. The highest BCUT2D eigenvalue weighted by molar-refractivity contribution is 7.87. The monoisotopic (exact) mass is 556 g/mol. The predicted molar refractivity (Wildman–Crippen MR) is 146 cm³/mol. The van der Waals surface area contributed by atoms with Gasteiger partial charge in [-0.2, -0.15) is 8.42 Å². The molecule has 40 heavy (non-hydrogen) atoms. The fraction of sp³-hybridized carbons (Fsp3) is 0.133. The van der Waals surface area contributed by atoms with E-state index in [1.54, 1.807) is 59.7 Å². The standard InChI is InChI=1S/C30H24N2O7S/c1-37-23-18-14-21(15-19-23)31-29(33)26-27(32(38-28(26)30(31)34)22-8-4-2-5-9-22)20-12-16-24(17-13-20)39-40(35,36)25-10-6-3-7-11-25/h2-19,26-28H,1H3/t26-,27+,28+/m0/s1. The molecular formula is C30H24N2O7S. The van der Waals surface area contributed by atoms with Gasteiger partial charge >= 0.3 is 10.1 Å². The number of methoxy groups -OCH3 is 1. The molecule has 4 aromatic rings. The van der Waals surface area contributed by atoms with Gasteiger partial charge in [0.2, 0.25) is 5.91 Å². The molecule has 0 aromatic heterocycles. The summed E-state index contributed by atoms with van der Waals surface area (Å²) in [6.07, 6.45) is -1.03. The molecular weight excluding hydrogens is 532 g/mol. The Morgan fingerprint density at radius 2 is 1.30 bits per heavy atom. The van der Waals surface area contributed by atoms with Crippen LogP contribution in [0.15, 0.2) is 114 Å². The summed E-state index contributed by atoms with van der Waals surface area (Å²) < 4.78 is 35.9. The molecule has 0 unspecified atom stereocenters. The molecule has 202 valence electrons. The molecule has 2 heterocycles. The lowest BCUT2D eigenvalue weighted by atomic mass is 9.90. The molecule has 6 rings (SSSR count). The third-order valence-corrected chi connectivity index (χ3v) is 8.18. The Labute approximate surface area is 231 Å². The smallest absolute Gasteiger partial charge is 0.339 e. The summed E-state index contributed by atoms with van der Waals surface area (Å²) in [5, 5.41) is 1.58. The molecule has 0 aliphatic carbocycles. The minimum atomic E-state index is -4.02. The Kier molecular flexibility index (Phi) is 6.49. The number of anilines is 2. The average Bonchev–Trinajstić information content (AvgIpc) is 3.50. The highest BCUT2D eigenvalue weighted by atomic mass is 32.2. The Morgan fingerprint density at radius 3 is 1.93 bits per heavy atom. The van der Waals surface area contributed by atoms with Gasteiger partial charge in [0.1, 0.15) is 22.3 Å². The van der Waals surface area contributed by atoms with Crippen molar-refractivity contribution in [3.05, 3.63) is 115 Å². The van der Waals surface area contributed by atoms with Gasteiger partial charge in [-0.1, -0.05) is 48.5 Å². The van der Waals surface area contributed by atoms with Crippen molar-refractivity contribution in [3.63, 3.8) is 0 Å². The van der Waals surface area contributed by atoms with Crippen molar-refractivity contribution in [2.45, 2.75) is 17.0 Å². The molecule has 0 N–H and O–H groups in total. The van der Waals surface area contributed by atoms with Gasteiger partial charge in [0.15, 0.2) is 6.10 Å². The molecule has 2 saturated heterocycles. The molecule has 4 aromatic carbocycles. The number of rotatable bonds is 7. The van der Waals surface area contributed by atoms with Gasteiger partial charge in [0, 0.05) is 0 Å². The third kappa shape index (κ3) is 4.47. The van der Waals surface area contributed by atoms with Gasteiger partial charge in [-0.15, -0.1) is 0 Å². The summed E-state index contributed by atoms with van der Waals surface area (Å²) in [5.74, 6) is -0.977. The second-order valence-corrected chi connectivity index (χ2v) is 10.8. The van der Waals surface area contributed by atoms with Crippen molar-refractivity contribution < 1.29 is 31.8 Å². The van der Waals surface area contributed by atoms with Crippen LogP contribution in [0.1, 0.15) is 11.6 Å².